The van der Waals surface area contributed by atoms with Crippen molar-refractivity contribution in [3.8, 4) is 0 Å². The summed E-state index contributed by atoms with van der Waals surface area (Å²) >= 11 is 0. The number of nitrogens with zero attached hydrogens (tertiary/aromatic N) is 1. The lowest BCUT2D eigenvalue weighted by Crippen LogP contribution is -2.19. The minimum absolute atomic E-state index is 0.0544. The monoisotopic (exact) mass is 175 g/mol. The largest absolute Gasteiger partial charge is 0.323 e. The summed E-state index contributed by atoms with van der Waals surface area (Å²) in [6.45, 7) is 0.337. The second-order valence-corrected chi connectivity index (χ2v) is 3.07. The summed E-state index contributed by atoms with van der Waals surface area (Å²) in [4.78, 5) is 5.24. The average Bonchev–Trinajstić information content (AvgIpc) is 2.65. The number of hydrogen-bond acceptors (Lipinski definition) is 3. The highest BCUT2D eigenvalue weighted by Gasteiger charge is 2.29. The standard InChI is InChI=1S/C10H9NO2/c1-2-4-9-8(3-1)5-6-11-10(9)12-7-13-11/h1-6,10H,7H2. The lowest BCUT2D eigenvalue weighted by molar-refractivity contribution is -0.0894. The third-order valence-corrected chi connectivity index (χ3v) is 2.32. The number of fused-ring (bicyclic) bond motifs is 3. The lowest BCUT2D eigenvalue weighted by atomic mass is 10.0. The number of hydrogen-bond donors (Lipinski definition) is 0. The van der Waals surface area contributed by atoms with Crippen LogP contribution in [0.1, 0.15) is 17.4 Å². The second-order valence-electron chi connectivity index (χ2n) is 3.07. The van der Waals surface area contributed by atoms with Gasteiger partial charge >= 0.3 is 0 Å². The number of rotatable bonds is 0. The van der Waals surface area contributed by atoms with Gasteiger partial charge in [0.05, 0.1) is 0 Å². The van der Waals surface area contributed by atoms with Gasteiger partial charge in [0.1, 0.15) is 0 Å². The molecular weight excluding hydrogens is 166 g/mol. The molecule has 0 spiro atoms. The molecule has 66 valence electrons. The van der Waals surface area contributed by atoms with E-state index in [4.69, 9.17) is 9.57 Å². The van der Waals surface area contributed by atoms with Crippen LogP contribution in [0.15, 0.2) is 30.5 Å². The molecule has 0 radical (unpaired) electrons. The molecule has 2 aliphatic rings. The SMILES string of the molecule is C1=CN2OCOC2c2ccccc21. The third-order valence-electron chi connectivity index (χ3n) is 2.32. The molecule has 0 bridgehead atoms. The van der Waals surface area contributed by atoms with Crippen LogP contribution in [0, 0.1) is 0 Å². The predicted molar refractivity (Wildman–Crippen MR) is 47.1 cm³/mol. The summed E-state index contributed by atoms with van der Waals surface area (Å²) in [5, 5.41) is 1.74. The predicted octanol–water partition coefficient (Wildman–Crippen LogP) is 1.89. The Morgan fingerprint density at radius 3 is 3.23 bits per heavy atom. The highest BCUT2D eigenvalue weighted by atomic mass is 16.8. The molecular formula is C10H9NO2. The molecule has 0 saturated carbocycles. The Morgan fingerprint density at radius 1 is 1.31 bits per heavy atom. The van der Waals surface area contributed by atoms with Gasteiger partial charge in [0.15, 0.2) is 13.0 Å². The number of ether oxygens (including phenoxy) is 1. The molecule has 1 unspecified atom stereocenters. The van der Waals surface area contributed by atoms with Gasteiger partial charge in [0, 0.05) is 11.8 Å². The van der Waals surface area contributed by atoms with E-state index in [1.54, 1.807) is 5.06 Å². The Bertz CT molecular complexity index is 362. The van der Waals surface area contributed by atoms with Crippen molar-refractivity contribution in [2.45, 2.75) is 6.23 Å². The molecule has 2 heterocycles. The van der Waals surface area contributed by atoms with Crippen LogP contribution in [0.2, 0.25) is 0 Å². The summed E-state index contributed by atoms with van der Waals surface area (Å²) in [7, 11) is 0. The Morgan fingerprint density at radius 2 is 2.23 bits per heavy atom. The van der Waals surface area contributed by atoms with Gasteiger partial charge in [-0.1, -0.05) is 24.3 Å². The van der Waals surface area contributed by atoms with Crippen molar-refractivity contribution in [1.29, 1.82) is 0 Å². The molecule has 2 aliphatic heterocycles. The van der Waals surface area contributed by atoms with E-state index in [9.17, 15) is 0 Å². The maximum Gasteiger partial charge on any atom is 0.183 e. The minimum Gasteiger partial charge on any atom is -0.323 e. The van der Waals surface area contributed by atoms with Gasteiger partial charge in [-0.15, -0.1) is 0 Å². The first-order valence-electron chi connectivity index (χ1n) is 4.25. The van der Waals surface area contributed by atoms with E-state index in [-0.39, 0.29) is 6.23 Å². The zero-order valence-electron chi connectivity index (χ0n) is 7.01. The Labute approximate surface area is 76.1 Å². The van der Waals surface area contributed by atoms with Crippen molar-refractivity contribution in [2.75, 3.05) is 6.79 Å². The first kappa shape index (κ1) is 7.12. The lowest BCUT2D eigenvalue weighted by Gasteiger charge is -2.24. The van der Waals surface area contributed by atoms with E-state index < -0.39 is 0 Å². The van der Waals surface area contributed by atoms with Crippen LogP contribution in [0.5, 0.6) is 0 Å². The van der Waals surface area contributed by atoms with Crippen LogP contribution in [-0.4, -0.2) is 11.9 Å². The number of benzene rings is 1. The van der Waals surface area contributed by atoms with Crippen LogP contribution in [0.3, 0.4) is 0 Å². The molecule has 0 N–H and O–H groups in total. The van der Waals surface area contributed by atoms with E-state index in [1.165, 1.54) is 11.1 Å². The molecule has 1 atom stereocenters. The first-order valence-corrected chi connectivity index (χ1v) is 4.25. The molecule has 13 heavy (non-hydrogen) atoms. The summed E-state index contributed by atoms with van der Waals surface area (Å²) in [6, 6.07) is 8.17. The van der Waals surface area contributed by atoms with E-state index >= 15 is 0 Å². The van der Waals surface area contributed by atoms with Gasteiger partial charge in [0.25, 0.3) is 0 Å². The Balaban J connectivity index is 2.13. The second kappa shape index (κ2) is 2.58. The molecule has 1 aromatic rings. The van der Waals surface area contributed by atoms with Gasteiger partial charge in [-0.05, 0) is 11.6 Å². The number of hydroxylamine groups is 2. The fourth-order valence-electron chi connectivity index (χ4n) is 1.69. The van der Waals surface area contributed by atoms with Gasteiger partial charge in [-0.2, -0.15) is 0 Å². The topological polar surface area (TPSA) is 21.7 Å². The van der Waals surface area contributed by atoms with Crippen LogP contribution in [0.4, 0.5) is 0 Å². The smallest absolute Gasteiger partial charge is 0.183 e. The molecule has 1 aromatic carbocycles. The zero-order chi connectivity index (χ0) is 8.67. The summed E-state index contributed by atoms with van der Waals surface area (Å²) < 4.78 is 5.44. The molecule has 3 nitrogen and oxygen atoms in total. The van der Waals surface area contributed by atoms with Crippen molar-refractivity contribution in [2.24, 2.45) is 0 Å². The van der Waals surface area contributed by atoms with E-state index in [1.807, 2.05) is 24.4 Å². The van der Waals surface area contributed by atoms with Crippen molar-refractivity contribution < 1.29 is 9.57 Å². The molecule has 0 amide bonds. The molecule has 3 heteroatoms. The maximum atomic E-state index is 5.44. The minimum atomic E-state index is -0.0544. The highest BCUT2D eigenvalue weighted by molar-refractivity contribution is 5.56. The van der Waals surface area contributed by atoms with Gasteiger partial charge in [-0.25, -0.2) is 9.90 Å². The summed E-state index contributed by atoms with van der Waals surface area (Å²) in [5.41, 5.74) is 2.37. The van der Waals surface area contributed by atoms with Crippen molar-refractivity contribution in [3.05, 3.63) is 41.6 Å². The van der Waals surface area contributed by atoms with E-state index in [2.05, 4.69) is 12.1 Å². The van der Waals surface area contributed by atoms with Crippen molar-refractivity contribution >= 4 is 6.08 Å². The first-order chi connectivity index (χ1) is 6.45. The third kappa shape index (κ3) is 0.978. The van der Waals surface area contributed by atoms with Gasteiger partial charge < -0.3 is 4.74 Å². The fraction of sp³-hybridized carbons (Fsp3) is 0.200. The van der Waals surface area contributed by atoms with Crippen LogP contribution in [-0.2, 0) is 9.57 Å². The van der Waals surface area contributed by atoms with Crippen LogP contribution in [0.25, 0.3) is 6.08 Å². The fourth-order valence-corrected chi connectivity index (χ4v) is 1.69. The van der Waals surface area contributed by atoms with Crippen molar-refractivity contribution in [3.63, 3.8) is 0 Å². The van der Waals surface area contributed by atoms with E-state index in [0.717, 1.165) is 0 Å². The van der Waals surface area contributed by atoms with Crippen molar-refractivity contribution in [1.82, 2.24) is 5.06 Å². The molecule has 1 fully saturated rings. The van der Waals surface area contributed by atoms with Gasteiger partial charge in [-0.3, -0.25) is 0 Å². The summed E-state index contributed by atoms with van der Waals surface area (Å²) in [5.74, 6) is 0. The Kier molecular flexibility index (Phi) is 1.41. The zero-order valence-corrected chi connectivity index (χ0v) is 7.01. The molecule has 1 saturated heterocycles. The average molecular weight is 175 g/mol. The highest BCUT2D eigenvalue weighted by Crippen LogP contribution is 2.34. The molecule has 3 rings (SSSR count). The quantitative estimate of drug-likeness (QED) is 0.601. The van der Waals surface area contributed by atoms with Gasteiger partial charge in [0.2, 0.25) is 0 Å². The molecule has 0 aliphatic carbocycles. The molecule has 0 aromatic heterocycles. The Hall–Kier alpha value is -1.32. The maximum absolute atomic E-state index is 5.44. The van der Waals surface area contributed by atoms with Crippen LogP contribution >= 0.6 is 0 Å². The normalized spacial score (nSPS) is 24.3. The summed E-state index contributed by atoms with van der Waals surface area (Å²) in [6.07, 6.45) is 3.88. The van der Waals surface area contributed by atoms with E-state index in [0.29, 0.717) is 6.79 Å². The van der Waals surface area contributed by atoms with Crippen LogP contribution < -0.4 is 0 Å².